The number of aliphatic carboxylic acids is 1. The molecule has 4 rings (SSSR count). The number of hydrogen-bond acceptors (Lipinski definition) is 6. The Labute approximate surface area is 201 Å². The topological polar surface area (TPSA) is 143 Å². The van der Waals surface area contributed by atoms with Crippen LogP contribution in [0.15, 0.2) is 54.7 Å². The van der Waals surface area contributed by atoms with Gasteiger partial charge in [-0.1, -0.05) is 48.5 Å². The number of hydrogen-bond donors (Lipinski definition) is 4. The fraction of sp³-hybridized carbons (Fsp3) is 0.280. The van der Waals surface area contributed by atoms with Gasteiger partial charge in [-0.2, -0.15) is 5.10 Å². The molecular weight excluding hydrogens is 452 g/mol. The van der Waals surface area contributed by atoms with Crippen molar-refractivity contribution in [3.05, 3.63) is 77.1 Å². The predicted octanol–water partition coefficient (Wildman–Crippen LogP) is 2.02. The average Bonchev–Trinajstić information content (AvgIpc) is 3.38. The van der Waals surface area contributed by atoms with Crippen molar-refractivity contribution in [2.75, 3.05) is 13.2 Å². The number of aryl methyl sites for hydroxylation is 1. The van der Waals surface area contributed by atoms with Crippen molar-refractivity contribution in [1.82, 2.24) is 20.4 Å². The van der Waals surface area contributed by atoms with Gasteiger partial charge in [-0.3, -0.25) is 9.48 Å². The molecule has 0 spiro atoms. The van der Waals surface area contributed by atoms with Crippen molar-refractivity contribution in [3.63, 3.8) is 0 Å². The first-order chi connectivity index (χ1) is 16.9. The molecule has 1 aliphatic carbocycles. The minimum Gasteiger partial charge on any atom is -0.480 e. The lowest BCUT2D eigenvalue weighted by atomic mass is 9.98. The lowest BCUT2D eigenvalue weighted by molar-refractivity contribution is -0.139. The Kier molecular flexibility index (Phi) is 7.11. The van der Waals surface area contributed by atoms with Gasteiger partial charge >= 0.3 is 12.1 Å². The molecule has 0 saturated carbocycles. The fourth-order valence-electron chi connectivity index (χ4n) is 4.34. The van der Waals surface area contributed by atoms with E-state index < -0.39 is 30.6 Å². The second kappa shape index (κ2) is 10.4. The van der Waals surface area contributed by atoms with Gasteiger partial charge in [0.2, 0.25) is 0 Å². The standard InChI is InChI=1S/C25H26N4O6/c1-29-22(23(31)28-21(10-11-30)24(32)33)15(13-27-29)12-26-25(34)35-14-20-18-8-4-2-6-16(18)17-7-3-5-9-19(17)20/h2-9,13,20-21,30H,10-12,14H2,1H3,(H,26,34)(H,28,31)(H,32,33)/t21-/m0/s1. The molecule has 0 fully saturated rings. The van der Waals surface area contributed by atoms with E-state index in [9.17, 15) is 19.5 Å². The van der Waals surface area contributed by atoms with E-state index in [-0.39, 0.29) is 31.2 Å². The van der Waals surface area contributed by atoms with Gasteiger partial charge in [-0.05, 0) is 22.3 Å². The van der Waals surface area contributed by atoms with Crippen molar-refractivity contribution in [3.8, 4) is 11.1 Å². The van der Waals surface area contributed by atoms with Crippen molar-refractivity contribution in [1.29, 1.82) is 0 Å². The van der Waals surface area contributed by atoms with Gasteiger partial charge < -0.3 is 25.6 Å². The molecule has 0 saturated heterocycles. The number of carboxylic acid groups (broad SMARTS) is 1. The van der Waals surface area contributed by atoms with Gasteiger partial charge in [0, 0.05) is 31.6 Å². The van der Waals surface area contributed by atoms with Crippen LogP contribution in [0.4, 0.5) is 4.79 Å². The summed E-state index contributed by atoms with van der Waals surface area (Å²) in [5.41, 5.74) is 4.96. The molecule has 2 amide bonds. The zero-order valence-corrected chi connectivity index (χ0v) is 19.1. The summed E-state index contributed by atoms with van der Waals surface area (Å²) >= 11 is 0. The van der Waals surface area contributed by atoms with Crippen molar-refractivity contribution in [2.45, 2.75) is 24.9 Å². The van der Waals surface area contributed by atoms with Gasteiger partial charge in [0.1, 0.15) is 18.3 Å². The second-order valence-electron chi connectivity index (χ2n) is 8.20. The number of fused-ring (bicyclic) bond motifs is 3. The maximum atomic E-state index is 12.7. The number of carbonyl (C=O) groups excluding carboxylic acids is 2. The van der Waals surface area contributed by atoms with Crippen molar-refractivity contribution < 1.29 is 29.3 Å². The van der Waals surface area contributed by atoms with Crippen LogP contribution in [-0.4, -0.2) is 57.2 Å². The summed E-state index contributed by atoms with van der Waals surface area (Å²) in [5.74, 6) is -2.00. The first-order valence-electron chi connectivity index (χ1n) is 11.1. The maximum Gasteiger partial charge on any atom is 0.407 e. The van der Waals surface area contributed by atoms with E-state index >= 15 is 0 Å². The number of nitrogens with one attached hydrogen (secondary N) is 2. The average molecular weight is 479 g/mol. The molecular formula is C25H26N4O6. The Hall–Kier alpha value is -4.18. The Morgan fingerprint density at radius 2 is 1.71 bits per heavy atom. The molecule has 2 aromatic carbocycles. The molecule has 0 aliphatic heterocycles. The number of nitrogens with zero attached hydrogens (tertiary/aromatic N) is 2. The third kappa shape index (κ3) is 5.02. The minimum absolute atomic E-state index is 0.0367. The van der Waals surface area contributed by atoms with E-state index in [1.807, 2.05) is 36.4 Å². The van der Waals surface area contributed by atoms with E-state index in [0.29, 0.717) is 5.56 Å². The predicted molar refractivity (Wildman–Crippen MR) is 126 cm³/mol. The molecule has 4 N–H and O–H groups in total. The first kappa shape index (κ1) is 24.0. The molecule has 3 aromatic rings. The molecule has 35 heavy (non-hydrogen) atoms. The van der Waals surface area contributed by atoms with Crippen molar-refractivity contribution >= 4 is 18.0 Å². The fourth-order valence-corrected chi connectivity index (χ4v) is 4.34. The number of ether oxygens (including phenoxy) is 1. The smallest absolute Gasteiger partial charge is 0.407 e. The molecule has 1 heterocycles. The largest absolute Gasteiger partial charge is 0.480 e. The molecule has 0 bridgehead atoms. The number of rotatable bonds is 9. The number of aliphatic hydroxyl groups is 1. The van der Waals surface area contributed by atoms with E-state index in [1.165, 1.54) is 17.9 Å². The second-order valence-corrected chi connectivity index (χ2v) is 8.20. The molecule has 10 heteroatoms. The third-order valence-electron chi connectivity index (χ3n) is 6.02. The van der Waals surface area contributed by atoms with Crippen LogP contribution < -0.4 is 10.6 Å². The summed E-state index contributed by atoms with van der Waals surface area (Å²) in [5, 5.41) is 27.3. The Bertz CT molecular complexity index is 1210. The zero-order valence-electron chi connectivity index (χ0n) is 19.1. The summed E-state index contributed by atoms with van der Waals surface area (Å²) in [7, 11) is 1.54. The Balaban J connectivity index is 1.38. The lowest BCUT2D eigenvalue weighted by Crippen LogP contribution is -2.42. The monoisotopic (exact) mass is 478 g/mol. The number of amides is 2. The van der Waals surface area contributed by atoms with Gasteiger partial charge in [0.25, 0.3) is 5.91 Å². The van der Waals surface area contributed by atoms with Crippen LogP contribution in [0.25, 0.3) is 11.1 Å². The molecule has 182 valence electrons. The summed E-state index contributed by atoms with van der Waals surface area (Å²) in [6, 6.07) is 14.8. The summed E-state index contributed by atoms with van der Waals surface area (Å²) in [6.07, 6.45) is 0.637. The number of aromatic nitrogens is 2. The quantitative estimate of drug-likeness (QED) is 0.368. The van der Waals surface area contributed by atoms with Crippen LogP contribution in [0.5, 0.6) is 0 Å². The highest BCUT2D eigenvalue weighted by Crippen LogP contribution is 2.44. The molecule has 10 nitrogen and oxygen atoms in total. The molecule has 1 atom stereocenters. The van der Waals surface area contributed by atoms with E-state index in [4.69, 9.17) is 9.84 Å². The Morgan fingerprint density at radius 3 is 2.31 bits per heavy atom. The zero-order chi connectivity index (χ0) is 24.9. The Morgan fingerprint density at radius 1 is 1.09 bits per heavy atom. The molecule has 1 aliphatic rings. The highest BCUT2D eigenvalue weighted by molar-refractivity contribution is 5.96. The molecule has 0 unspecified atom stereocenters. The van der Waals surface area contributed by atoms with E-state index in [1.54, 1.807) is 0 Å². The number of carboxylic acids is 1. The van der Waals surface area contributed by atoms with Gasteiger partial charge in [0.05, 0.1) is 12.7 Å². The van der Waals surface area contributed by atoms with Gasteiger partial charge in [0.15, 0.2) is 0 Å². The SMILES string of the molecule is Cn1ncc(CNC(=O)OCC2c3ccccc3-c3ccccc32)c1C(=O)N[C@@H](CCO)C(=O)O. The van der Waals surface area contributed by atoms with Gasteiger partial charge in [-0.25, -0.2) is 9.59 Å². The minimum atomic E-state index is -1.26. The van der Waals surface area contributed by atoms with Gasteiger partial charge in [-0.15, -0.1) is 0 Å². The normalized spacial score (nSPS) is 13.0. The lowest BCUT2D eigenvalue weighted by Gasteiger charge is -2.15. The van der Waals surface area contributed by atoms with Crippen LogP contribution in [-0.2, 0) is 23.1 Å². The summed E-state index contributed by atoms with van der Waals surface area (Å²) in [4.78, 5) is 36.4. The number of alkyl carbamates (subject to hydrolysis) is 1. The van der Waals surface area contributed by atoms with E-state index in [0.717, 1.165) is 22.3 Å². The highest BCUT2D eigenvalue weighted by Gasteiger charge is 2.29. The molecule has 1 aromatic heterocycles. The van der Waals surface area contributed by atoms with Crippen LogP contribution >= 0.6 is 0 Å². The number of benzene rings is 2. The summed E-state index contributed by atoms with van der Waals surface area (Å²) in [6.45, 7) is -0.272. The number of carbonyl (C=O) groups is 3. The van der Waals surface area contributed by atoms with Crippen LogP contribution in [0, 0.1) is 0 Å². The van der Waals surface area contributed by atoms with E-state index in [2.05, 4.69) is 27.9 Å². The molecule has 0 radical (unpaired) electrons. The number of aliphatic hydroxyl groups excluding tert-OH is 1. The maximum absolute atomic E-state index is 12.7. The first-order valence-corrected chi connectivity index (χ1v) is 11.1. The van der Waals surface area contributed by atoms with Crippen LogP contribution in [0.1, 0.15) is 39.5 Å². The highest BCUT2D eigenvalue weighted by atomic mass is 16.5. The van der Waals surface area contributed by atoms with Crippen LogP contribution in [0.2, 0.25) is 0 Å². The summed E-state index contributed by atoms with van der Waals surface area (Å²) < 4.78 is 6.81. The van der Waals surface area contributed by atoms with Crippen LogP contribution in [0.3, 0.4) is 0 Å². The third-order valence-corrected chi connectivity index (χ3v) is 6.02. The van der Waals surface area contributed by atoms with Crippen molar-refractivity contribution in [2.24, 2.45) is 7.05 Å².